The van der Waals surface area contributed by atoms with Gasteiger partial charge < -0.3 is 9.84 Å². The van der Waals surface area contributed by atoms with Crippen LogP contribution in [0.3, 0.4) is 0 Å². The Morgan fingerprint density at radius 1 is 0.955 bits per heavy atom. The lowest BCUT2D eigenvalue weighted by Crippen LogP contribution is -2.11. The number of aliphatic hydroxyl groups is 1. The molecule has 2 heteroatoms. The van der Waals surface area contributed by atoms with Crippen molar-refractivity contribution in [3.8, 4) is 0 Å². The van der Waals surface area contributed by atoms with E-state index in [0.29, 0.717) is 0 Å². The van der Waals surface area contributed by atoms with Gasteiger partial charge in [-0.25, -0.2) is 0 Å². The number of epoxide rings is 1. The summed E-state index contributed by atoms with van der Waals surface area (Å²) < 4.78 is 5.51. The Labute approximate surface area is 137 Å². The van der Waals surface area contributed by atoms with Crippen LogP contribution in [0.15, 0.2) is 34.9 Å². The fourth-order valence-corrected chi connectivity index (χ4v) is 2.69. The third-order valence-corrected chi connectivity index (χ3v) is 4.46. The van der Waals surface area contributed by atoms with Crippen LogP contribution in [0.1, 0.15) is 73.1 Å². The third kappa shape index (κ3) is 7.42. The van der Waals surface area contributed by atoms with Gasteiger partial charge in [0.2, 0.25) is 0 Å². The second-order valence-corrected chi connectivity index (χ2v) is 7.10. The van der Waals surface area contributed by atoms with Crippen molar-refractivity contribution in [3.05, 3.63) is 34.9 Å². The van der Waals surface area contributed by atoms with E-state index >= 15 is 0 Å². The van der Waals surface area contributed by atoms with Crippen LogP contribution in [0.5, 0.6) is 0 Å². The second kappa shape index (κ2) is 9.32. The predicted octanol–water partition coefficient (Wildman–Crippen LogP) is 5.34. The van der Waals surface area contributed by atoms with Crippen LogP contribution < -0.4 is 0 Å². The Balaban J connectivity index is 2.18. The highest BCUT2D eigenvalue weighted by atomic mass is 16.6. The molecule has 0 spiro atoms. The molecule has 1 rings (SSSR count). The van der Waals surface area contributed by atoms with Crippen molar-refractivity contribution in [3.63, 3.8) is 0 Å². The Morgan fingerprint density at radius 2 is 1.50 bits per heavy atom. The van der Waals surface area contributed by atoms with Crippen molar-refractivity contribution in [1.82, 2.24) is 0 Å². The van der Waals surface area contributed by atoms with Gasteiger partial charge in [0.15, 0.2) is 0 Å². The highest BCUT2D eigenvalue weighted by Crippen LogP contribution is 2.39. The Bertz CT molecular complexity index is 427. The van der Waals surface area contributed by atoms with Gasteiger partial charge in [-0.1, -0.05) is 34.9 Å². The first-order chi connectivity index (χ1) is 10.4. The molecule has 0 aromatic rings. The first kappa shape index (κ1) is 19.2. The van der Waals surface area contributed by atoms with E-state index in [4.69, 9.17) is 9.84 Å². The number of hydrogen-bond acceptors (Lipinski definition) is 2. The van der Waals surface area contributed by atoms with Gasteiger partial charge in [0.05, 0.1) is 12.2 Å². The molecule has 0 saturated carbocycles. The quantitative estimate of drug-likeness (QED) is 0.437. The molecule has 0 aliphatic carbocycles. The SMILES string of the molecule is CC(C)=CCC/C(C)=C/CC/C(C)=C/CC[C@@]1(C)OC1CO. The molecule has 0 aromatic heterocycles. The molecule has 1 N–H and O–H groups in total. The zero-order valence-corrected chi connectivity index (χ0v) is 15.1. The van der Waals surface area contributed by atoms with Crippen LogP contribution in [-0.4, -0.2) is 23.4 Å². The van der Waals surface area contributed by atoms with Crippen LogP contribution in [0.25, 0.3) is 0 Å². The van der Waals surface area contributed by atoms with Gasteiger partial charge in [0.1, 0.15) is 6.10 Å². The highest BCUT2D eigenvalue weighted by molar-refractivity contribution is 5.06. The van der Waals surface area contributed by atoms with Gasteiger partial charge in [-0.05, 0) is 73.1 Å². The Hall–Kier alpha value is -0.860. The van der Waals surface area contributed by atoms with Crippen LogP contribution in [0.2, 0.25) is 0 Å². The summed E-state index contributed by atoms with van der Waals surface area (Å²) in [5.74, 6) is 0. The summed E-state index contributed by atoms with van der Waals surface area (Å²) >= 11 is 0. The molecule has 1 unspecified atom stereocenters. The summed E-state index contributed by atoms with van der Waals surface area (Å²) in [6, 6.07) is 0. The van der Waals surface area contributed by atoms with E-state index in [-0.39, 0.29) is 18.3 Å². The zero-order chi connectivity index (χ0) is 16.6. The van der Waals surface area contributed by atoms with Gasteiger partial charge in [-0.2, -0.15) is 0 Å². The van der Waals surface area contributed by atoms with Crippen molar-refractivity contribution in [2.75, 3.05) is 6.61 Å². The summed E-state index contributed by atoms with van der Waals surface area (Å²) in [6.07, 6.45) is 13.7. The van der Waals surface area contributed by atoms with E-state index in [9.17, 15) is 0 Å². The number of rotatable bonds is 10. The van der Waals surface area contributed by atoms with Crippen LogP contribution in [-0.2, 0) is 4.74 Å². The lowest BCUT2D eigenvalue weighted by atomic mass is 10.00. The largest absolute Gasteiger partial charge is 0.394 e. The van der Waals surface area contributed by atoms with Gasteiger partial charge in [-0.3, -0.25) is 0 Å². The maximum absolute atomic E-state index is 9.06. The molecule has 1 saturated heterocycles. The van der Waals surface area contributed by atoms with Crippen molar-refractivity contribution in [2.24, 2.45) is 0 Å². The summed E-state index contributed by atoms with van der Waals surface area (Å²) in [5, 5.41) is 9.06. The zero-order valence-electron chi connectivity index (χ0n) is 15.1. The van der Waals surface area contributed by atoms with Crippen molar-refractivity contribution in [2.45, 2.75) is 84.8 Å². The molecule has 0 aromatic carbocycles. The maximum Gasteiger partial charge on any atom is 0.110 e. The van der Waals surface area contributed by atoms with E-state index in [1.165, 1.54) is 23.1 Å². The number of allylic oxidation sites excluding steroid dienone is 6. The summed E-state index contributed by atoms with van der Waals surface area (Å²) in [7, 11) is 0. The lowest BCUT2D eigenvalue weighted by Gasteiger charge is -2.04. The van der Waals surface area contributed by atoms with Gasteiger partial charge in [0.25, 0.3) is 0 Å². The van der Waals surface area contributed by atoms with E-state index in [2.05, 4.69) is 52.8 Å². The fourth-order valence-electron chi connectivity index (χ4n) is 2.69. The van der Waals surface area contributed by atoms with Gasteiger partial charge >= 0.3 is 0 Å². The van der Waals surface area contributed by atoms with Gasteiger partial charge in [-0.15, -0.1) is 0 Å². The van der Waals surface area contributed by atoms with Crippen LogP contribution in [0.4, 0.5) is 0 Å². The normalized spacial score (nSPS) is 25.3. The van der Waals surface area contributed by atoms with Crippen molar-refractivity contribution in [1.29, 1.82) is 0 Å². The predicted molar refractivity (Wildman–Crippen MR) is 95.0 cm³/mol. The fraction of sp³-hybridized carbons (Fsp3) is 0.700. The average Bonchev–Trinajstić information content (AvgIpc) is 3.09. The van der Waals surface area contributed by atoms with Crippen LogP contribution >= 0.6 is 0 Å². The molecule has 1 aliphatic heterocycles. The topological polar surface area (TPSA) is 32.8 Å². The second-order valence-electron chi connectivity index (χ2n) is 7.10. The minimum atomic E-state index is -0.0764. The average molecular weight is 306 g/mol. The molecule has 22 heavy (non-hydrogen) atoms. The highest BCUT2D eigenvalue weighted by Gasteiger charge is 2.50. The Morgan fingerprint density at radius 3 is 2.00 bits per heavy atom. The molecule has 1 aliphatic rings. The smallest absolute Gasteiger partial charge is 0.110 e. The molecule has 1 heterocycles. The minimum absolute atomic E-state index is 0.0626. The monoisotopic (exact) mass is 306 g/mol. The summed E-state index contributed by atoms with van der Waals surface area (Å²) in [6.45, 7) is 11.0. The van der Waals surface area contributed by atoms with E-state index in [1.807, 2.05) is 0 Å². The van der Waals surface area contributed by atoms with E-state index < -0.39 is 0 Å². The standard InChI is InChI=1S/C20H34O2/c1-16(2)9-6-10-17(3)11-7-12-18(4)13-8-14-20(5)19(15-21)22-20/h9,11,13,19,21H,6-8,10,12,14-15H2,1-5H3/b17-11+,18-13+/t19?,20-/m1/s1. The third-order valence-electron chi connectivity index (χ3n) is 4.46. The molecule has 1 fully saturated rings. The molecule has 0 bridgehead atoms. The minimum Gasteiger partial charge on any atom is -0.394 e. The van der Waals surface area contributed by atoms with Crippen LogP contribution in [0, 0.1) is 0 Å². The number of hydrogen-bond donors (Lipinski definition) is 1. The van der Waals surface area contributed by atoms with E-state index in [1.54, 1.807) is 0 Å². The van der Waals surface area contributed by atoms with Crippen molar-refractivity contribution >= 4 is 0 Å². The molecule has 0 radical (unpaired) electrons. The molecule has 2 atom stereocenters. The summed E-state index contributed by atoms with van der Waals surface area (Å²) in [4.78, 5) is 0. The van der Waals surface area contributed by atoms with Crippen molar-refractivity contribution < 1.29 is 9.84 Å². The molecule has 126 valence electrons. The summed E-state index contributed by atoms with van der Waals surface area (Å²) in [5.41, 5.74) is 4.28. The maximum atomic E-state index is 9.06. The first-order valence-electron chi connectivity index (χ1n) is 8.60. The van der Waals surface area contributed by atoms with E-state index in [0.717, 1.165) is 32.1 Å². The molecule has 0 amide bonds. The molecular weight excluding hydrogens is 272 g/mol. The number of aliphatic hydroxyl groups excluding tert-OH is 1. The molecule has 2 nitrogen and oxygen atoms in total. The first-order valence-corrected chi connectivity index (χ1v) is 8.60. The Kier molecular flexibility index (Phi) is 8.13. The molecular formula is C20H34O2. The number of ether oxygens (including phenoxy) is 1. The lowest BCUT2D eigenvalue weighted by molar-refractivity contribution is 0.235. The van der Waals surface area contributed by atoms with Gasteiger partial charge in [0, 0.05) is 0 Å².